The molecule has 36 heavy (non-hydrogen) atoms. The number of allylic oxidation sites excluding steroid dienone is 1. The standard InChI is InChI=1S/C29H37N3O4/c1-5-8-9-10-21-11-13-23(14-12-21)27(33)30-24-17-15-22(16-18-24)26-25(28(34)36-7-3)20(4)32(19-6-2)29(35)31-26/h11-18,26H,5-10,19H2,1-4H3,(H,30,33)(H,31,35)/t26-/m1/s1. The van der Waals surface area contributed by atoms with Gasteiger partial charge in [0.15, 0.2) is 0 Å². The monoisotopic (exact) mass is 491 g/mol. The maximum atomic E-state index is 12.8. The van der Waals surface area contributed by atoms with E-state index in [1.165, 1.54) is 18.4 Å². The summed E-state index contributed by atoms with van der Waals surface area (Å²) >= 11 is 0. The van der Waals surface area contributed by atoms with Crippen molar-refractivity contribution in [3.05, 3.63) is 76.5 Å². The van der Waals surface area contributed by atoms with E-state index in [2.05, 4.69) is 17.6 Å². The largest absolute Gasteiger partial charge is 0.463 e. The third-order valence-corrected chi connectivity index (χ3v) is 6.33. The van der Waals surface area contributed by atoms with Crippen molar-refractivity contribution >= 4 is 23.6 Å². The summed E-state index contributed by atoms with van der Waals surface area (Å²) in [5.41, 5.74) is 4.20. The van der Waals surface area contributed by atoms with Gasteiger partial charge >= 0.3 is 12.0 Å². The summed E-state index contributed by atoms with van der Waals surface area (Å²) in [5, 5.41) is 5.86. The molecule has 0 fully saturated rings. The number of nitrogens with one attached hydrogen (secondary N) is 2. The number of hydrogen-bond donors (Lipinski definition) is 2. The fourth-order valence-corrected chi connectivity index (χ4v) is 4.36. The Kier molecular flexibility index (Phi) is 9.68. The Morgan fingerprint density at radius 1 is 0.972 bits per heavy atom. The van der Waals surface area contributed by atoms with Gasteiger partial charge in [0.2, 0.25) is 0 Å². The summed E-state index contributed by atoms with van der Waals surface area (Å²) in [6.07, 6.45) is 5.33. The molecule has 1 heterocycles. The normalized spacial score (nSPS) is 15.5. The summed E-state index contributed by atoms with van der Waals surface area (Å²) in [6, 6.07) is 14.0. The summed E-state index contributed by atoms with van der Waals surface area (Å²) < 4.78 is 5.29. The Morgan fingerprint density at radius 2 is 1.67 bits per heavy atom. The average Bonchev–Trinajstić information content (AvgIpc) is 2.87. The molecule has 2 aromatic carbocycles. The van der Waals surface area contributed by atoms with Crippen molar-refractivity contribution < 1.29 is 19.1 Å². The molecule has 0 spiro atoms. The lowest BCUT2D eigenvalue weighted by molar-refractivity contribution is -0.139. The molecule has 1 atom stereocenters. The van der Waals surface area contributed by atoms with E-state index in [0.29, 0.717) is 29.1 Å². The molecule has 0 bridgehead atoms. The maximum Gasteiger partial charge on any atom is 0.338 e. The van der Waals surface area contributed by atoms with Gasteiger partial charge in [-0.1, -0.05) is 51.0 Å². The number of carbonyl (C=O) groups excluding carboxylic acids is 3. The minimum atomic E-state index is -0.630. The fourth-order valence-electron chi connectivity index (χ4n) is 4.36. The van der Waals surface area contributed by atoms with Crippen LogP contribution in [0.25, 0.3) is 0 Å². The molecule has 2 aromatic rings. The second kappa shape index (κ2) is 12.9. The molecule has 0 unspecified atom stereocenters. The van der Waals surface area contributed by atoms with Crippen molar-refractivity contribution in [2.24, 2.45) is 0 Å². The van der Waals surface area contributed by atoms with Crippen LogP contribution in [-0.4, -0.2) is 36.0 Å². The van der Waals surface area contributed by atoms with E-state index in [0.717, 1.165) is 24.8 Å². The second-order valence-electron chi connectivity index (χ2n) is 8.98. The van der Waals surface area contributed by atoms with Crippen molar-refractivity contribution in [3.63, 3.8) is 0 Å². The smallest absolute Gasteiger partial charge is 0.338 e. The number of anilines is 1. The molecule has 0 saturated heterocycles. The van der Waals surface area contributed by atoms with Gasteiger partial charge in [-0.05, 0) is 68.5 Å². The Morgan fingerprint density at radius 3 is 2.28 bits per heavy atom. The number of aryl methyl sites for hydroxylation is 1. The lowest BCUT2D eigenvalue weighted by Crippen LogP contribution is -2.48. The van der Waals surface area contributed by atoms with Gasteiger partial charge in [0.05, 0.1) is 18.2 Å². The fraction of sp³-hybridized carbons (Fsp3) is 0.414. The first-order chi connectivity index (χ1) is 17.4. The lowest BCUT2D eigenvalue weighted by Gasteiger charge is -2.35. The predicted octanol–water partition coefficient (Wildman–Crippen LogP) is 5.99. The van der Waals surface area contributed by atoms with Gasteiger partial charge in [-0.2, -0.15) is 0 Å². The van der Waals surface area contributed by atoms with Gasteiger partial charge in [0.25, 0.3) is 5.91 Å². The summed E-state index contributed by atoms with van der Waals surface area (Å²) in [7, 11) is 0. The molecule has 2 N–H and O–H groups in total. The van der Waals surface area contributed by atoms with Crippen molar-refractivity contribution in [3.8, 4) is 0 Å². The highest BCUT2D eigenvalue weighted by atomic mass is 16.5. The van der Waals surface area contributed by atoms with Crippen LogP contribution in [0.2, 0.25) is 0 Å². The van der Waals surface area contributed by atoms with Crippen LogP contribution in [0.3, 0.4) is 0 Å². The minimum Gasteiger partial charge on any atom is -0.463 e. The third kappa shape index (κ3) is 6.53. The molecule has 1 aliphatic heterocycles. The van der Waals surface area contributed by atoms with E-state index in [9.17, 15) is 14.4 Å². The van der Waals surface area contributed by atoms with Crippen LogP contribution < -0.4 is 10.6 Å². The molecular weight excluding hydrogens is 454 g/mol. The first-order valence-electron chi connectivity index (χ1n) is 12.9. The topological polar surface area (TPSA) is 87.7 Å². The van der Waals surface area contributed by atoms with E-state index in [1.54, 1.807) is 43.0 Å². The van der Waals surface area contributed by atoms with E-state index in [-0.39, 0.29) is 18.5 Å². The number of esters is 1. The molecule has 0 aromatic heterocycles. The SMILES string of the molecule is CCCCCc1ccc(C(=O)Nc2ccc([C@H]3NC(=O)N(CCC)C(C)=C3C(=O)OCC)cc2)cc1. The van der Waals surface area contributed by atoms with E-state index in [4.69, 9.17) is 4.74 Å². The number of unbranched alkanes of at least 4 members (excludes halogenated alkanes) is 2. The molecule has 7 heteroatoms. The Balaban J connectivity index is 1.74. The third-order valence-electron chi connectivity index (χ3n) is 6.33. The van der Waals surface area contributed by atoms with E-state index >= 15 is 0 Å². The average molecular weight is 492 g/mol. The number of urea groups is 1. The van der Waals surface area contributed by atoms with Crippen molar-refractivity contribution in [1.29, 1.82) is 0 Å². The van der Waals surface area contributed by atoms with Crippen LogP contribution in [0.5, 0.6) is 0 Å². The van der Waals surface area contributed by atoms with Crippen molar-refractivity contribution in [1.82, 2.24) is 10.2 Å². The Labute approximate surface area is 213 Å². The number of carbonyl (C=O) groups is 3. The Bertz CT molecular complexity index is 1090. The highest BCUT2D eigenvalue weighted by Crippen LogP contribution is 2.32. The zero-order valence-electron chi connectivity index (χ0n) is 21.7. The molecule has 3 amide bonds. The highest BCUT2D eigenvalue weighted by Gasteiger charge is 2.36. The highest BCUT2D eigenvalue weighted by molar-refractivity contribution is 6.04. The molecule has 3 rings (SSSR count). The predicted molar refractivity (Wildman–Crippen MR) is 142 cm³/mol. The number of nitrogens with zero attached hydrogens (tertiary/aromatic N) is 1. The van der Waals surface area contributed by atoms with Gasteiger partial charge in [0, 0.05) is 23.5 Å². The molecule has 0 saturated carbocycles. The summed E-state index contributed by atoms with van der Waals surface area (Å²) in [6.45, 7) is 8.45. The second-order valence-corrected chi connectivity index (χ2v) is 8.98. The number of hydrogen-bond acceptors (Lipinski definition) is 4. The van der Waals surface area contributed by atoms with Gasteiger partial charge in [-0.3, -0.25) is 9.69 Å². The molecule has 0 radical (unpaired) electrons. The molecule has 192 valence electrons. The molecule has 1 aliphatic rings. The number of ether oxygens (including phenoxy) is 1. The van der Waals surface area contributed by atoms with Crippen molar-refractivity contribution in [2.75, 3.05) is 18.5 Å². The van der Waals surface area contributed by atoms with Crippen LogP contribution in [0.4, 0.5) is 10.5 Å². The van der Waals surface area contributed by atoms with Crippen LogP contribution >= 0.6 is 0 Å². The first kappa shape index (κ1) is 27.0. The van der Waals surface area contributed by atoms with E-state index in [1.807, 2.05) is 31.2 Å². The number of amides is 3. The molecular formula is C29H37N3O4. The van der Waals surface area contributed by atoms with Gasteiger partial charge in [-0.25, -0.2) is 9.59 Å². The maximum absolute atomic E-state index is 12.8. The van der Waals surface area contributed by atoms with Crippen LogP contribution in [0.1, 0.15) is 80.9 Å². The summed E-state index contributed by atoms with van der Waals surface area (Å²) in [4.78, 5) is 39.8. The quantitative estimate of drug-likeness (QED) is 0.299. The van der Waals surface area contributed by atoms with Gasteiger partial charge in [-0.15, -0.1) is 0 Å². The van der Waals surface area contributed by atoms with Gasteiger partial charge < -0.3 is 15.4 Å². The Hall–Kier alpha value is -3.61. The number of rotatable bonds is 11. The number of benzene rings is 2. The minimum absolute atomic E-state index is 0.188. The summed E-state index contributed by atoms with van der Waals surface area (Å²) in [5.74, 6) is -0.636. The zero-order valence-corrected chi connectivity index (χ0v) is 21.7. The lowest BCUT2D eigenvalue weighted by atomic mass is 9.94. The van der Waals surface area contributed by atoms with Gasteiger partial charge in [0.1, 0.15) is 0 Å². The molecule has 7 nitrogen and oxygen atoms in total. The van der Waals surface area contributed by atoms with Crippen LogP contribution in [-0.2, 0) is 16.0 Å². The van der Waals surface area contributed by atoms with Crippen LogP contribution in [0.15, 0.2) is 59.8 Å². The molecule has 0 aliphatic carbocycles. The first-order valence-corrected chi connectivity index (χ1v) is 12.9. The van der Waals surface area contributed by atoms with Crippen molar-refractivity contribution in [2.45, 2.75) is 65.8 Å². The van der Waals surface area contributed by atoms with E-state index < -0.39 is 12.0 Å². The zero-order chi connectivity index (χ0) is 26.1. The van der Waals surface area contributed by atoms with Crippen LogP contribution in [0, 0.1) is 0 Å².